The molecular formula is C16H22ClNO2. The predicted molar refractivity (Wildman–Crippen MR) is 81.5 cm³/mol. The summed E-state index contributed by atoms with van der Waals surface area (Å²) in [6.45, 7) is 5.27. The van der Waals surface area contributed by atoms with E-state index in [1.807, 2.05) is 29.2 Å². The van der Waals surface area contributed by atoms with Crippen LogP contribution in [0.4, 0.5) is 0 Å². The number of fused-ring (bicyclic) bond motifs is 1. The van der Waals surface area contributed by atoms with Crippen molar-refractivity contribution in [2.75, 3.05) is 19.0 Å². The Morgan fingerprint density at radius 3 is 2.75 bits per heavy atom. The molecule has 0 bridgehead atoms. The molecule has 0 spiro atoms. The van der Waals surface area contributed by atoms with Crippen molar-refractivity contribution in [2.45, 2.75) is 38.6 Å². The van der Waals surface area contributed by atoms with Gasteiger partial charge in [-0.2, -0.15) is 0 Å². The van der Waals surface area contributed by atoms with Crippen LogP contribution in [0.5, 0.6) is 5.75 Å². The van der Waals surface area contributed by atoms with Gasteiger partial charge in [-0.1, -0.05) is 32.0 Å². The average molecular weight is 296 g/mol. The van der Waals surface area contributed by atoms with Crippen molar-refractivity contribution >= 4 is 17.5 Å². The van der Waals surface area contributed by atoms with Gasteiger partial charge in [0.2, 0.25) is 5.91 Å². The molecule has 0 aliphatic carbocycles. The van der Waals surface area contributed by atoms with Crippen LogP contribution in [0.2, 0.25) is 0 Å². The maximum atomic E-state index is 12.8. The maximum absolute atomic E-state index is 12.8. The highest BCUT2D eigenvalue weighted by Gasteiger charge is 2.34. The van der Waals surface area contributed by atoms with Crippen LogP contribution in [0.15, 0.2) is 24.3 Å². The molecule has 0 N–H and O–H groups in total. The Hall–Kier alpha value is -1.22. The third-order valence-electron chi connectivity index (χ3n) is 3.99. The Bertz CT molecular complexity index is 460. The van der Waals surface area contributed by atoms with E-state index in [0.29, 0.717) is 19.0 Å². The van der Waals surface area contributed by atoms with Crippen LogP contribution in [-0.4, -0.2) is 35.9 Å². The first-order valence-electron chi connectivity index (χ1n) is 7.31. The quantitative estimate of drug-likeness (QED) is 0.753. The fraction of sp³-hybridized carbons (Fsp3) is 0.562. The normalized spacial score (nSPS) is 16.9. The zero-order valence-corrected chi connectivity index (χ0v) is 12.9. The monoisotopic (exact) mass is 295 g/mol. The first kappa shape index (κ1) is 15.2. The molecule has 1 atom stereocenters. The highest BCUT2D eigenvalue weighted by Crippen LogP contribution is 2.35. The predicted octanol–water partition coefficient (Wildman–Crippen LogP) is 3.42. The minimum atomic E-state index is -0.185. The zero-order valence-electron chi connectivity index (χ0n) is 12.1. The van der Waals surface area contributed by atoms with Crippen molar-refractivity contribution < 1.29 is 9.53 Å². The number of hydrogen-bond donors (Lipinski definition) is 0. The van der Waals surface area contributed by atoms with Crippen LogP contribution >= 0.6 is 11.6 Å². The second kappa shape index (κ2) is 6.98. The second-order valence-corrected chi connectivity index (χ2v) is 5.47. The van der Waals surface area contributed by atoms with E-state index in [4.69, 9.17) is 16.3 Å². The number of carbonyl (C=O) groups excluding carboxylic acids is 1. The highest BCUT2D eigenvalue weighted by molar-refractivity contribution is 6.18. The fourth-order valence-electron chi connectivity index (χ4n) is 2.86. The van der Waals surface area contributed by atoms with E-state index >= 15 is 0 Å². The molecule has 0 saturated heterocycles. The first-order valence-corrected chi connectivity index (χ1v) is 7.84. The van der Waals surface area contributed by atoms with Gasteiger partial charge < -0.3 is 9.64 Å². The van der Waals surface area contributed by atoms with Crippen LogP contribution in [-0.2, 0) is 4.79 Å². The average Bonchev–Trinajstić information content (AvgIpc) is 2.91. The van der Waals surface area contributed by atoms with Crippen molar-refractivity contribution in [3.05, 3.63) is 29.8 Å². The zero-order chi connectivity index (χ0) is 14.5. The number of halogens is 1. The van der Waals surface area contributed by atoms with Gasteiger partial charge in [0.05, 0.1) is 0 Å². The Kier molecular flexibility index (Phi) is 5.30. The summed E-state index contributed by atoms with van der Waals surface area (Å²) in [4.78, 5) is 14.8. The van der Waals surface area contributed by atoms with Gasteiger partial charge in [-0.3, -0.25) is 4.79 Å². The lowest BCUT2D eigenvalue weighted by atomic mass is 9.98. The standard InChI is InChI=1S/C16H22ClNO2/c1-3-12(4-2)18(10-9-17)16(19)14-11-20-15-8-6-5-7-13(14)15/h5-8,12,14H,3-4,9-11H2,1-2H3. The van der Waals surface area contributed by atoms with Crippen molar-refractivity contribution in [1.82, 2.24) is 4.90 Å². The summed E-state index contributed by atoms with van der Waals surface area (Å²) in [6.07, 6.45) is 1.91. The van der Waals surface area contributed by atoms with Gasteiger partial charge in [-0.05, 0) is 18.9 Å². The van der Waals surface area contributed by atoms with Crippen LogP contribution in [0.25, 0.3) is 0 Å². The molecule has 3 nitrogen and oxygen atoms in total. The minimum Gasteiger partial charge on any atom is -0.492 e. The van der Waals surface area contributed by atoms with Gasteiger partial charge >= 0.3 is 0 Å². The molecule has 1 aliphatic heterocycles. The fourth-order valence-corrected chi connectivity index (χ4v) is 3.04. The lowest BCUT2D eigenvalue weighted by Crippen LogP contribution is -2.44. The van der Waals surface area contributed by atoms with Crippen LogP contribution < -0.4 is 4.74 Å². The molecule has 1 heterocycles. The van der Waals surface area contributed by atoms with Crippen molar-refractivity contribution in [3.8, 4) is 5.75 Å². The SMILES string of the molecule is CCC(CC)N(CCCl)C(=O)C1COc2ccccc21. The van der Waals surface area contributed by atoms with E-state index in [9.17, 15) is 4.79 Å². The van der Waals surface area contributed by atoms with Gasteiger partial charge in [0.1, 0.15) is 18.3 Å². The molecule has 1 aromatic rings. The van der Waals surface area contributed by atoms with E-state index < -0.39 is 0 Å². The Morgan fingerprint density at radius 1 is 1.40 bits per heavy atom. The van der Waals surface area contributed by atoms with Crippen molar-refractivity contribution in [2.24, 2.45) is 0 Å². The number of rotatable bonds is 6. The Morgan fingerprint density at radius 2 is 2.10 bits per heavy atom. The molecule has 110 valence electrons. The third-order valence-corrected chi connectivity index (χ3v) is 4.16. The molecule has 0 radical (unpaired) electrons. The van der Waals surface area contributed by atoms with E-state index in [2.05, 4.69) is 13.8 Å². The summed E-state index contributed by atoms with van der Waals surface area (Å²) in [5.41, 5.74) is 1.00. The van der Waals surface area contributed by atoms with Crippen LogP contribution in [0.1, 0.15) is 38.2 Å². The smallest absolute Gasteiger partial charge is 0.234 e. The Labute approximate surface area is 125 Å². The van der Waals surface area contributed by atoms with E-state index in [0.717, 1.165) is 24.2 Å². The number of carbonyl (C=O) groups is 1. The molecule has 0 saturated carbocycles. The van der Waals surface area contributed by atoms with Crippen molar-refractivity contribution in [3.63, 3.8) is 0 Å². The lowest BCUT2D eigenvalue weighted by molar-refractivity contribution is -0.135. The summed E-state index contributed by atoms with van der Waals surface area (Å²) in [7, 11) is 0. The van der Waals surface area contributed by atoms with Gasteiger partial charge in [0.15, 0.2) is 0 Å². The van der Waals surface area contributed by atoms with Gasteiger partial charge in [-0.15, -0.1) is 11.6 Å². The largest absolute Gasteiger partial charge is 0.492 e. The van der Waals surface area contributed by atoms with E-state index in [1.54, 1.807) is 0 Å². The number of nitrogens with zero attached hydrogens (tertiary/aromatic N) is 1. The summed E-state index contributed by atoms with van der Waals surface area (Å²) in [5.74, 6) is 1.26. The third kappa shape index (κ3) is 2.93. The van der Waals surface area contributed by atoms with Crippen molar-refractivity contribution in [1.29, 1.82) is 0 Å². The molecular weight excluding hydrogens is 274 g/mol. The molecule has 0 fully saturated rings. The molecule has 0 aromatic heterocycles. The minimum absolute atomic E-state index is 0.143. The number of amides is 1. The molecule has 4 heteroatoms. The highest BCUT2D eigenvalue weighted by atomic mass is 35.5. The molecule has 2 rings (SSSR count). The van der Waals surface area contributed by atoms with Gasteiger partial charge in [0, 0.05) is 24.0 Å². The topological polar surface area (TPSA) is 29.5 Å². The summed E-state index contributed by atoms with van der Waals surface area (Å²) in [5, 5.41) is 0. The molecule has 1 aromatic carbocycles. The molecule has 20 heavy (non-hydrogen) atoms. The summed E-state index contributed by atoms with van der Waals surface area (Å²) >= 11 is 5.88. The molecule has 1 aliphatic rings. The number of para-hydroxylation sites is 1. The number of hydrogen-bond acceptors (Lipinski definition) is 2. The molecule has 1 amide bonds. The second-order valence-electron chi connectivity index (χ2n) is 5.09. The number of alkyl halides is 1. The lowest BCUT2D eigenvalue weighted by Gasteiger charge is -2.32. The summed E-state index contributed by atoms with van der Waals surface area (Å²) in [6, 6.07) is 8.05. The summed E-state index contributed by atoms with van der Waals surface area (Å²) < 4.78 is 5.63. The van der Waals surface area contributed by atoms with E-state index in [1.165, 1.54) is 0 Å². The Balaban J connectivity index is 2.20. The molecule has 1 unspecified atom stereocenters. The maximum Gasteiger partial charge on any atom is 0.234 e. The van der Waals surface area contributed by atoms with E-state index in [-0.39, 0.29) is 17.9 Å². The van der Waals surface area contributed by atoms with Gasteiger partial charge in [-0.25, -0.2) is 0 Å². The van der Waals surface area contributed by atoms with Crippen LogP contribution in [0, 0.1) is 0 Å². The first-order chi connectivity index (χ1) is 9.72. The van der Waals surface area contributed by atoms with Crippen LogP contribution in [0.3, 0.4) is 0 Å². The van der Waals surface area contributed by atoms with Gasteiger partial charge in [0.25, 0.3) is 0 Å². The number of benzene rings is 1. The number of ether oxygens (including phenoxy) is 1.